The fourth-order valence-electron chi connectivity index (χ4n) is 2.29. The molecule has 0 bridgehead atoms. The molecule has 20 heavy (non-hydrogen) atoms. The minimum absolute atomic E-state index is 0.0966. The molecule has 1 saturated heterocycles. The van der Waals surface area contributed by atoms with Crippen LogP contribution in [-0.2, 0) is 16.1 Å². The molecule has 1 aliphatic rings. The summed E-state index contributed by atoms with van der Waals surface area (Å²) in [5.74, 6) is -1.30. The van der Waals surface area contributed by atoms with E-state index in [1.165, 1.54) is 0 Å². The van der Waals surface area contributed by atoms with Crippen LogP contribution in [0.15, 0.2) is 6.07 Å². The van der Waals surface area contributed by atoms with E-state index in [0.29, 0.717) is 12.2 Å². The number of carboxylic acids is 1. The first-order chi connectivity index (χ1) is 9.38. The molecular weight excluding hydrogens is 262 g/mol. The minimum atomic E-state index is -1.10. The van der Waals surface area contributed by atoms with E-state index in [-0.39, 0.29) is 19.1 Å². The second-order valence-corrected chi connectivity index (χ2v) is 5.25. The lowest BCUT2D eigenvalue weighted by Gasteiger charge is -2.25. The van der Waals surface area contributed by atoms with Gasteiger partial charge < -0.3 is 15.2 Å². The smallest absolute Gasteiger partial charge is 0.313 e. The van der Waals surface area contributed by atoms with Crippen LogP contribution in [0.4, 0.5) is 0 Å². The molecule has 2 heterocycles. The van der Waals surface area contributed by atoms with Crippen LogP contribution in [0.25, 0.3) is 0 Å². The Morgan fingerprint density at radius 2 is 2.35 bits per heavy atom. The van der Waals surface area contributed by atoms with Gasteiger partial charge in [-0.1, -0.05) is 0 Å². The zero-order valence-electron chi connectivity index (χ0n) is 11.8. The first-order valence-corrected chi connectivity index (χ1v) is 6.55. The maximum absolute atomic E-state index is 12.3. The molecule has 1 aromatic rings. The summed E-state index contributed by atoms with van der Waals surface area (Å²) < 4.78 is 6.81. The Hall–Kier alpha value is -1.89. The highest BCUT2D eigenvalue weighted by Gasteiger charge is 2.47. The molecule has 0 aliphatic carbocycles. The van der Waals surface area contributed by atoms with E-state index in [0.717, 1.165) is 5.69 Å². The van der Waals surface area contributed by atoms with Gasteiger partial charge in [0.15, 0.2) is 0 Å². The summed E-state index contributed by atoms with van der Waals surface area (Å²) in [7, 11) is 0. The van der Waals surface area contributed by atoms with Crippen LogP contribution in [-0.4, -0.2) is 46.0 Å². The predicted octanol–water partition coefficient (Wildman–Crippen LogP) is 0.431. The lowest BCUT2D eigenvalue weighted by molar-refractivity contribution is -0.148. The van der Waals surface area contributed by atoms with Crippen molar-refractivity contribution in [2.75, 3.05) is 13.2 Å². The predicted molar refractivity (Wildman–Crippen MR) is 70.5 cm³/mol. The van der Waals surface area contributed by atoms with Crippen molar-refractivity contribution < 1.29 is 19.4 Å². The Bertz CT molecular complexity index is 540. The third kappa shape index (κ3) is 2.40. The average Bonchev–Trinajstić information content (AvgIpc) is 2.94. The lowest BCUT2D eigenvalue weighted by Crippen LogP contribution is -2.50. The second-order valence-electron chi connectivity index (χ2n) is 5.25. The number of nitrogens with zero attached hydrogens (tertiary/aromatic N) is 2. The van der Waals surface area contributed by atoms with Gasteiger partial charge in [0, 0.05) is 6.54 Å². The molecule has 2 rings (SSSR count). The van der Waals surface area contributed by atoms with Crippen LogP contribution in [0.2, 0.25) is 0 Å². The highest BCUT2D eigenvalue weighted by atomic mass is 16.5. The second kappa shape index (κ2) is 5.24. The summed E-state index contributed by atoms with van der Waals surface area (Å²) >= 11 is 0. The van der Waals surface area contributed by atoms with Gasteiger partial charge >= 0.3 is 5.97 Å². The van der Waals surface area contributed by atoms with E-state index in [9.17, 15) is 14.7 Å². The lowest BCUT2D eigenvalue weighted by atomic mass is 9.85. The molecule has 1 aromatic heterocycles. The molecule has 7 heteroatoms. The maximum Gasteiger partial charge on any atom is 0.313 e. The van der Waals surface area contributed by atoms with Gasteiger partial charge in [-0.05, 0) is 26.8 Å². The van der Waals surface area contributed by atoms with Crippen molar-refractivity contribution in [3.8, 4) is 0 Å². The van der Waals surface area contributed by atoms with E-state index in [1.54, 1.807) is 17.7 Å². The Labute approximate surface area is 116 Å². The van der Waals surface area contributed by atoms with E-state index >= 15 is 0 Å². The van der Waals surface area contributed by atoms with Gasteiger partial charge in [0.25, 0.3) is 5.91 Å². The van der Waals surface area contributed by atoms with Gasteiger partial charge in [-0.15, -0.1) is 0 Å². The normalized spacial score (nSPS) is 25.6. The number of aromatic nitrogens is 2. The van der Waals surface area contributed by atoms with Crippen LogP contribution in [0.5, 0.6) is 0 Å². The van der Waals surface area contributed by atoms with Crippen molar-refractivity contribution in [2.24, 2.45) is 5.41 Å². The summed E-state index contributed by atoms with van der Waals surface area (Å²) in [6.45, 7) is 6.16. The first-order valence-electron chi connectivity index (χ1n) is 6.55. The summed E-state index contributed by atoms with van der Waals surface area (Å²) in [4.78, 5) is 23.6. The molecule has 1 fully saturated rings. The number of amides is 1. The minimum Gasteiger partial charge on any atom is -0.481 e. The van der Waals surface area contributed by atoms with Gasteiger partial charge in [0.2, 0.25) is 0 Å². The molecule has 2 unspecified atom stereocenters. The van der Waals surface area contributed by atoms with Crippen molar-refractivity contribution in [3.05, 3.63) is 17.5 Å². The molecule has 1 amide bonds. The topological polar surface area (TPSA) is 93.5 Å². The SMILES string of the molecule is CCn1nc(C)cc1C(=O)NC1COCC1(C)C(=O)O. The molecule has 0 spiro atoms. The Balaban J connectivity index is 2.17. The van der Waals surface area contributed by atoms with Crippen molar-refractivity contribution in [1.82, 2.24) is 15.1 Å². The molecular formula is C13H19N3O4. The number of carbonyl (C=O) groups is 2. The Morgan fingerprint density at radius 1 is 1.65 bits per heavy atom. The van der Waals surface area contributed by atoms with E-state index in [1.807, 2.05) is 13.8 Å². The Morgan fingerprint density at radius 3 is 2.95 bits per heavy atom. The summed E-state index contributed by atoms with van der Waals surface area (Å²) in [6, 6.07) is 1.14. The monoisotopic (exact) mass is 281 g/mol. The van der Waals surface area contributed by atoms with Gasteiger partial charge in [0.05, 0.1) is 24.9 Å². The van der Waals surface area contributed by atoms with Crippen molar-refractivity contribution in [3.63, 3.8) is 0 Å². The van der Waals surface area contributed by atoms with E-state index in [2.05, 4.69) is 10.4 Å². The number of rotatable bonds is 4. The van der Waals surface area contributed by atoms with Crippen LogP contribution in [0.3, 0.4) is 0 Å². The zero-order chi connectivity index (χ0) is 14.9. The molecule has 110 valence electrons. The van der Waals surface area contributed by atoms with Crippen molar-refractivity contribution in [1.29, 1.82) is 0 Å². The molecule has 1 aliphatic heterocycles. The molecule has 0 aromatic carbocycles. The number of carboxylic acid groups (broad SMARTS) is 1. The van der Waals surface area contributed by atoms with E-state index in [4.69, 9.17) is 4.74 Å². The van der Waals surface area contributed by atoms with Gasteiger partial charge in [-0.3, -0.25) is 14.3 Å². The van der Waals surface area contributed by atoms with Gasteiger partial charge in [-0.2, -0.15) is 5.10 Å². The van der Waals surface area contributed by atoms with Crippen LogP contribution < -0.4 is 5.32 Å². The maximum atomic E-state index is 12.3. The summed E-state index contributed by atoms with van der Waals surface area (Å²) in [6.07, 6.45) is 0. The quantitative estimate of drug-likeness (QED) is 0.834. The molecule has 2 N–H and O–H groups in total. The first kappa shape index (κ1) is 14.5. The fraction of sp³-hybridized carbons (Fsp3) is 0.615. The van der Waals surface area contributed by atoms with Crippen molar-refractivity contribution in [2.45, 2.75) is 33.4 Å². The van der Waals surface area contributed by atoms with Crippen molar-refractivity contribution >= 4 is 11.9 Å². The number of aliphatic carboxylic acids is 1. The fourth-order valence-corrected chi connectivity index (χ4v) is 2.29. The van der Waals surface area contributed by atoms with Gasteiger partial charge in [-0.25, -0.2) is 0 Å². The standard InChI is InChI=1S/C13H19N3O4/c1-4-16-9(5-8(2)15-16)11(17)14-10-6-20-7-13(10,3)12(18)19/h5,10H,4,6-7H2,1-3H3,(H,14,17)(H,18,19). The Kier molecular flexibility index (Phi) is 3.80. The number of ether oxygens (including phenoxy) is 1. The molecule has 0 saturated carbocycles. The van der Waals surface area contributed by atoms with E-state index < -0.39 is 17.4 Å². The van der Waals surface area contributed by atoms with Gasteiger partial charge in [0.1, 0.15) is 11.1 Å². The average molecular weight is 281 g/mol. The molecule has 2 atom stereocenters. The van der Waals surface area contributed by atoms with Crippen LogP contribution in [0, 0.1) is 12.3 Å². The highest BCUT2D eigenvalue weighted by molar-refractivity contribution is 5.93. The number of nitrogens with one attached hydrogen (secondary N) is 1. The third-order valence-electron chi connectivity index (χ3n) is 3.68. The number of carbonyl (C=O) groups excluding carboxylic acids is 1. The molecule has 7 nitrogen and oxygen atoms in total. The highest BCUT2D eigenvalue weighted by Crippen LogP contribution is 2.28. The number of hydrogen-bond donors (Lipinski definition) is 2. The third-order valence-corrected chi connectivity index (χ3v) is 3.68. The van der Waals surface area contributed by atoms with Crippen LogP contribution >= 0.6 is 0 Å². The van der Waals surface area contributed by atoms with Crippen LogP contribution in [0.1, 0.15) is 30.0 Å². The zero-order valence-corrected chi connectivity index (χ0v) is 11.8. The molecule has 0 radical (unpaired) electrons. The summed E-state index contributed by atoms with van der Waals surface area (Å²) in [5, 5.41) is 16.2. The number of hydrogen-bond acceptors (Lipinski definition) is 4. The summed E-state index contributed by atoms with van der Waals surface area (Å²) in [5.41, 5.74) is 0.0900. The largest absolute Gasteiger partial charge is 0.481 e. The number of aryl methyl sites for hydroxylation is 2.